The molecule has 0 atom stereocenters. The lowest BCUT2D eigenvalue weighted by Crippen LogP contribution is -2.44. The van der Waals surface area contributed by atoms with Gasteiger partial charge in [-0.1, -0.05) is 19.3 Å². The molecule has 1 heterocycles. The van der Waals surface area contributed by atoms with Crippen molar-refractivity contribution in [3.8, 4) is 5.75 Å². The summed E-state index contributed by atoms with van der Waals surface area (Å²) in [4.78, 5) is 4.29. The number of benzene rings is 1. The van der Waals surface area contributed by atoms with Gasteiger partial charge in [0.05, 0.1) is 6.61 Å². The van der Waals surface area contributed by atoms with Crippen molar-refractivity contribution in [3.05, 3.63) is 29.1 Å². The molecule has 0 saturated heterocycles. The zero-order valence-corrected chi connectivity index (χ0v) is 14.2. The zero-order chi connectivity index (χ0) is 16.8. The lowest BCUT2D eigenvalue weighted by atomic mass is 9.96. The van der Waals surface area contributed by atoms with E-state index in [1.54, 1.807) is 13.1 Å². The molecule has 0 spiro atoms. The molecule has 5 nitrogen and oxygen atoms in total. The van der Waals surface area contributed by atoms with Crippen LogP contribution in [0.3, 0.4) is 0 Å². The second kappa shape index (κ2) is 8.33. The van der Waals surface area contributed by atoms with Gasteiger partial charge in [-0.05, 0) is 37.0 Å². The number of fused-ring (bicyclic) bond motifs is 1. The number of hydrogen-bond acceptors (Lipinski definition) is 3. The predicted octanol–water partition coefficient (Wildman–Crippen LogP) is 2.73. The van der Waals surface area contributed by atoms with E-state index in [1.807, 2.05) is 0 Å². The maximum atomic E-state index is 13.7. The molecule has 1 fully saturated rings. The Bertz CT molecular complexity index is 586. The number of nitrogens with one attached hydrogen (secondary N) is 2. The summed E-state index contributed by atoms with van der Waals surface area (Å²) in [7, 11) is 1.78. The van der Waals surface area contributed by atoms with Gasteiger partial charge in [0.1, 0.15) is 11.6 Å². The molecule has 2 N–H and O–H groups in total. The second-order valence-electron chi connectivity index (χ2n) is 6.39. The number of aliphatic imine (C=N–C) groups is 1. The van der Waals surface area contributed by atoms with Crippen LogP contribution in [0.25, 0.3) is 0 Å². The minimum Gasteiger partial charge on any atom is -0.467 e. The number of hydrogen-bond donors (Lipinski definition) is 2. The Balaban J connectivity index is 1.54. The van der Waals surface area contributed by atoms with E-state index in [0.29, 0.717) is 25.6 Å². The highest BCUT2D eigenvalue weighted by Crippen LogP contribution is 2.29. The molecule has 1 aliphatic heterocycles. The molecule has 0 aromatic heterocycles. The van der Waals surface area contributed by atoms with Crippen molar-refractivity contribution in [2.45, 2.75) is 51.2 Å². The van der Waals surface area contributed by atoms with Gasteiger partial charge < -0.3 is 20.1 Å². The third-order valence-electron chi connectivity index (χ3n) is 4.61. The fourth-order valence-corrected chi connectivity index (χ4v) is 3.39. The van der Waals surface area contributed by atoms with Crippen LogP contribution in [0.1, 0.15) is 43.2 Å². The van der Waals surface area contributed by atoms with Crippen molar-refractivity contribution < 1.29 is 13.9 Å². The Labute approximate surface area is 142 Å². The molecule has 1 aromatic rings. The Morgan fingerprint density at radius 1 is 1.29 bits per heavy atom. The lowest BCUT2D eigenvalue weighted by molar-refractivity contribution is -0.0172. The monoisotopic (exact) mass is 335 g/mol. The average molecular weight is 335 g/mol. The lowest BCUT2D eigenvalue weighted by Gasteiger charge is -2.25. The first-order valence-corrected chi connectivity index (χ1v) is 8.75. The molecule has 2 aliphatic rings. The van der Waals surface area contributed by atoms with Crippen LogP contribution >= 0.6 is 0 Å². The van der Waals surface area contributed by atoms with Crippen molar-refractivity contribution in [2.24, 2.45) is 4.99 Å². The summed E-state index contributed by atoms with van der Waals surface area (Å²) in [5.41, 5.74) is 1.65. The van der Waals surface area contributed by atoms with E-state index in [2.05, 4.69) is 15.6 Å². The minimum absolute atomic E-state index is 0.226. The molecular weight excluding hydrogens is 309 g/mol. The Hall–Kier alpha value is -1.82. The van der Waals surface area contributed by atoms with E-state index in [1.165, 1.54) is 38.2 Å². The van der Waals surface area contributed by atoms with Gasteiger partial charge >= 0.3 is 0 Å². The maximum absolute atomic E-state index is 13.7. The first-order chi connectivity index (χ1) is 11.8. The first-order valence-electron chi connectivity index (χ1n) is 8.75. The predicted molar refractivity (Wildman–Crippen MR) is 91.8 cm³/mol. The van der Waals surface area contributed by atoms with E-state index in [-0.39, 0.29) is 12.6 Å². The van der Waals surface area contributed by atoms with Crippen LogP contribution in [-0.2, 0) is 17.8 Å². The van der Waals surface area contributed by atoms with E-state index in [4.69, 9.17) is 9.47 Å². The van der Waals surface area contributed by atoms with E-state index < -0.39 is 0 Å². The SMILES string of the molecule is CN=C(NCCc1cc(F)cc2c1OCOC2)NC1CCCCC1. The van der Waals surface area contributed by atoms with Crippen molar-refractivity contribution in [2.75, 3.05) is 20.4 Å². The minimum atomic E-state index is -0.248. The normalized spacial score (nSPS) is 18.7. The van der Waals surface area contributed by atoms with Crippen molar-refractivity contribution in [1.29, 1.82) is 0 Å². The van der Waals surface area contributed by atoms with Gasteiger partial charge in [-0.2, -0.15) is 0 Å². The average Bonchev–Trinajstić information content (AvgIpc) is 2.61. The van der Waals surface area contributed by atoms with Crippen LogP contribution in [0.5, 0.6) is 5.75 Å². The van der Waals surface area contributed by atoms with Crippen LogP contribution in [0.4, 0.5) is 4.39 Å². The first kappa shape index (κ1) is 17.0. The van der Waals surface area contributed by atoms with Gasteiger partial charge in [-0.15, -0.1) is 0 Å². The van der Waals surface area contributed by atoms with Gasteiger partial charge in [0.25, 0.3) is 0 Å². The molecule has 1 aliphatic carbocycles. The van der Waals surface area contributed by atoms with Gasteiger partial charge in [-0.25, -0.2) is 4.39 Å². The standard InChI is InChI=1S/C18H26FN3O2/c1-20-18(22-16-5-3-2-4-6-16)21-8-7-13-9-15(19)10-14-11-23-12-24-17(13)14/h9-10,16H,2-8,11-12H2,1H3,(H2,20,21,22). The van der Waals surface area contributed by atoms with Crippen LogP contribution < -0.4 is 15.4 Å². The third-order valence-corrected chi connectivity index (χ3v) is 4.61. The van der Waals surface area contributed by atoms with Crippen molar-refractivity contribution in [1.82, 2.24) is 10.6 Å². The van der Waals surface area contributed by atoms with Gasteiger partial charge in [0.2, 0.25) is 0 Å². The highest BCUT2D eigenvalue weighted by Gasteiger charge is 2.17. The Morgan fingerprint density at radius 3 is 2.92 bits per heavy atom. The van der Waals surface area contributed by atoms with Crippen LogP contribution in [0.2, 0.25) is 0 Å². The van der Waals surface area contributed by atoms with Crippen molar-refractivity contribution >= 4 is 5.96 Å². The van der Waals surface area contributed by atoms with E-state index in [9.17, 15) is 4.39 Å². The summed E-state index contributed by atoms with van der Waals surface area (Å²) >= 11 is 0. The Morgan fingerprint density at radius 2 is 2.12 bits per heavy atom. The number of ether oxygens (including phenoxy) is 2. The molecule has 0 bridgehead atoms. The zero-order valence-electron chi connectivity index (χ0n) is 14.2. The summed E-state index contributed by atoms with van der Waals surface area (Å²) in [6.45, 7) is 1.30. The maximum Gasteiger partial charge on any atom is 0.191 e. The molecular formula is C18H26FN3O2. The summed E-state index contributed by atoms with van der Waals surface area (Å²) in [6, 6.07) is 3.53. The number of nitrogens with zero attached hydrogens (tertiary/aromatic N) is 1. The van der Waals surface area contributed by atoms with Crippen LogP contribution in [0.15, 0.2) is 17.1 Å². The fraction of sp³-hybridized carbons (Fsp3) is 0.611. The van der Waals surface area contributed by atoms with Crippen LogP contribution in [-0.4, -0.2) is 32.4 Å². The third kappa shape index (κ3) is 4.38. The molecule has 132 valence electrons. The summed E-state index contributed by atoms with van der Waals surface area (Å²) in [5, 5.41) is 6.80. The largest absolute Gasteiger partial charge is 0.467 e. The molecule has 6 heteroatoms. The Kier molecular flexibility index (Phi) is 5.91. The van der Waals surface area contributed by atoms with Gasteiger partial charge in [-0.3, -0.25) is 4.99 Å². The quantitative estimate of drug-likeness (QED) is 0.656. The molecule has 0 radical (unpaired) electrons. The van der Waals surface area contributed by atoms with Gasteiger partial charge in [0, 0.05) is 25.2 Å². The number of halogens is 1. The molecule has 24 heavy (non-hydrogen) atoms. The highest BCUT2D eigenvalue weighted by atomic mass is 19.1. The molecule has 1 saturated carbocycles. The van der Waals surface area contributed by atoms with Gasteiger partial charge in [0.15, 0.2) is 12.8 Å². The second-order valence-corrected chi connectivity index (χ2v) is 6.39. The number of rotatable bonds is 4. The number of guanidine groups is 1. The van der Waals surface area contributed by atoms with E-state index >= 15 is 0 Å². The molecule has 3 rings (SSSR count). The summed E-state index contributed by atoms with van der Waals surface area (Å²) < 4.78 is 24.5. The van der Waals surface area contributed by atoms with Crippen LogP contribution in [0, 0.1) is 5.82 Å². The topological polar surface area (TPSA) is 54.9 Å². The molecule has 0 unspecified atom stereocenters. The fourth-order valence-electron chi connectivity index (χ4n) is 3.39. The summed E-state index contributed by atoms with van der Waals surface area (Å²) in [6.07, 6.45) is 6.97. The smallest absolute Gasteiger partial charge is 0.191 e. The van der Waals surface area contributed by atoms with E-state index in [0.717, 1.165) is 22.8 Å². The molecule has 1 aromatic carbocycles. The highest BCUT2D eigenvalue weighted by molar-refractivity contribution is 5.79. The van der Waals surface area contributed by atoms with Crippen molar-refractivity contribution in [3.63, 3.8) is 0 Å². The summed E-state index contributed by atoms with van der Waals surface area (Å²) in [5.74, 6) is 1.33. The molecule has 0 amide bonds.